The third-order valence-electron chi connectivity index (χ3n) is 2.50. The Kier molecular flexibility index (Phi) is 5.12. The van der Waals surface area contributed by atoms with E-state index in [2.05, 4.69) is 16.4 Å². The summed E-state index contributed by atoms with van der Waals surface area (Å²) in [5.74, 6) is 0.613. The number of aromatic nitrogens is 1. The van der Waals surface area contributed by atoms with Gasteiger partial charge in [0.25, 0.3) is 0 Å². The summed E-state index contributed by atoms with van der Waals surface area (Å²) in [5, 5.41) is 11.5. The quantitative estimate of drug-likeness (QED) is 0.848. The third-order valence-corrected chi connectivity index (χ3v) is 2.50. The van der Waals surface area contributed by atoms with E-state index >= 15 is 0 Å². The summed E-state index contributed by atoms with van der Waals surface area (Å²) >= 11 is 0. The number of pyridine rings is 1. The number of anilines is 1. The van der Waals surface area contributed by atoms with E-state index in [1.807, 2.05) is 18.7 Å². The highest BCUT2D eigenvalue weighted by Gasteiger charge is 2.12. The summed E-state index contributed by atoms with van der Waals surface area (Å²) in [7, 11) is 1.61. The van der Waals surface area contributed by atoms with Gasteiger partial charge in [-0.2, -0.15) is 5.26 Å². The highest BCUT2D eigenvalue weighted by Crippen LogP contribution is 2.14. The van der Waals surface area contributed by atoms with Gasteiger partial charge in [0.05, 0.1) is 18.2 Å². The topological polar surface area (TPSA) is 69.0 Å². The van der Waals surface area contributed by atoms with Crippen LogP contribution in [0.3, 0.4) is 0 Å². The Morgan fingerprint density at radius 1 is 1.56 bits per heavy atom. The van der Waals surface area contributed by atoms with E-state index in [1.54, 1.807) is 19.2 Å². The molecule has 96 valence electrons. The molecule has 0 aliphatic rings. The van der Waals surface area contributed by atoms with E-state index < -0.39 is 0 Å². The molecule has 0 aliphatic heterocycles. The van der Waals surface area contributed by atoms with Gasteiger partial charge in [0, 0.05) is 19.3 Å². The standard InChI is InChI=1S/C13H18N4O/c1-4-5-17(9-13(18)15-3)12-7-11(8-14)6-10(2)16-12/h6-7H,4-5,9H2,1-3H3,(H,15,18). The molecule has 1 aromatic rings. The highest BCUT2D eigenvalue weighted by atomic mass is 16.1. The zero-order valence-electron chi connectivity index (χ0n) is 11.0. The monoisotopic (exact) mass is 246 g/mol. The summed E-state index contributed by atoms with van der Waals surface area (Å²) < 4.78 is 0. The zero-order chi connectivity index (χ0) is 13.5. The fraction of sp³-hybridized carbons (Fsp3) is 0.462. The van der Waals surface area contributed by atoms with Crippen molar-refractivity contribution >= 4 is 11.7 Å². The molecule has 1 N–H and O–H groups in total. The number of carbonyl (C=O) groups excluding carboxylic acids is 1. The minimum Gasteiger partial charge on any atom is -0.358 e. The second-order valence-electron chi connectivity index (χ2n) is 4.06. The van der Waals surface area contributed by atoms with Gasteiger partial charge in [0.15, 0.2) is 0 Å². The normalized spacial score (nSPS) is 9.67. The average molecular weight is 246 g/mol. The van der Waals surface area contributed by atoms with Gasteiger partial charge in [-0.3, -0.25) is 4.79 Å². The van der Waals surface area contributed by atoms with Crippen LogP contribution in [-0.4, -0.2) is 31.0 Å². The number of nitriles is 1. The Labute approximate surface area is 107 Å². The van der Waals surface area contributed by atoms with E-state index in [0.29, 0.717) is 11.4 Å². The van der Waals surface area contributed by atoms with E-state index in [4.69, 9.17) is 5.26 Å². The average Bonchev–Trinajstić information content (AvgIpc) is 2.37. The lowest BCUT2D eigenvalue weighted by Crippen LogP contribution is -2.36. The lowest BCUT2D eigenvalue weighted by Gasteiger charge is -2.22. The van der Waals surface area contributed by atoms with E-state index in [1.165, 1.54) is 0 Å². The largest absolute Gasteiger partial charge is 0.358 e. The molecule has 0 aliphatic carbocycles. The van der Waals surface area contributed by atoms with Crippen LogP contribution in [0.4, 0.5) is 5.82 Å². The first-order chi connectivity index (χ1) is 8.60. The van der Waals surface area contributed by atoms with Gasteiger partial charge in [-0.15, -0.1) is 0 Å². The summed E-state index contributed by atoms with van der Waals surface area (Å²) in [6.45, 7) is 4.87. The zero-order valence-corrected chi connectivity index (χ0v) is 11.0. The molecule has 1 aromatic heterocycles. The number of nitrogens with one attached hydrogen (secondary N) is 1. The molecule has 5 heteroatoms. The van der Waals surface area contributed by atoms with Crippen LogP contribution >= 0.6 is 0 Å². The number of rotatable bonds is 5. The molecule has 0 bridgehead atoms. The van der Waals surface area contributed by atoms with Crippen LogP contribution in [-0.2, 0) is 4.79 Å². The maximum atomic E-state index is 11.5. The van der Waals surface area contributed by atoms with Crippen molar-refractivity contribution in [1.29, 1.82) is 5.26 Å². The summed E-state index contributed by atoms with van der Waals surface area (Å²) in [6, 6.07) is 5.55. The van der Waals surface area contributed by atoms with Crippen molar-refractivity contribution in [3.05, 3.63) is 23.4 Å². The van der Waals surface area contributed by atoms with Gasteiger partial charge < -0.3 is 10.2 Å². The third kappa shape index (κ3) is 3.74. The van der Waals surface area contributed by atoms with Crippen molar-refractivity contribution in [2.45, 2.75) is 20.3 Å². The number of carbonyl (C=O) groups is 1. The fourth-order valence-corrected chi connectivity index (χ4v) is 1.67. The van der Waals surface area contributed by atoms with Gasteiger partial charge in [0.2, 0.25) is 5.91 Å². The molecule has 0 saturated carbocycles. The molecule has 1 rings (SSSR count). The summed E-state index contributed by atoms with van der Waals surface area (Å²) in [5.41, 5.74) is 1.34. The Morgan fingerprint density at radius 3 is 2.83 bits per heavy atom. The van der Waals surface area contributed by atoms with Crippen LogP contribution in [0.25, 0.3) is 0 Å². The van der Waals surface area contributed by atoms with Crippen molar-refractivity contribution in [3.63, 3.8) is 0 Å². The fourth-order valence-electron chi connectivity index (χ4n) is 1.67. The molecule has 0 fully saturated rings. The molecule has 0 unspecified atom stereocenters. The number of nitrogens with zero attached hydrogens (tertiary/aromatic N) is 3. The van der Waals surface area contributed by atoms with Crippen LogP contribution in [0.1, 0.15) is 24.6 Å². The molecule has 18 heavy (non-hydrogen) atoms. The minimum absolute atomic E-state index is 0.0646. The van der Waals surface area contributed by atoms with Gasteiger partial charge in [-0.25, -0.2) is 4.98 Å². The van der Waals surface area contributed by atoms with Gasteiger partial charge in [-0.05, 0) is 25.5 Å². The lowest BCUT2D eigenvalue weighted by atomic mass is 10.2. The molecular formula is C13H18N4O. The number of likely N-dealkylation sites (N-methyl/N-ethyl adjacent to an activating group) is 1. The molecule has 1 amide bonds. The van der Waals surface area contributed by atoms with Crippen LogP contribution < -0.4 is 10.2 Å². The SMILES string of the molecule is CCCN(CC(=O)NC)c1cc(C#N)cc(C)n1. The van der Waals surface area contributed by atoms with Crippen LogP contribution in [0.15, 0.2) is 12.1 Å². The van der Waals surface area contributed by atoms with Crippen LogP contribution in [0.5, 0.6) is 0 Å². The first-order valence-electron chi connectivity index (χ1n) is 5.95. The number of amides is 1. The predicted octanol–water partition coefficient (Wildman–Crippen LogP) is 1.22. The Hall–Kier alpha value is -2.09. The second-order valence-corrected chi connectivity index (χ2v) is 4.06. The minimum atomic E-state index is -0.0646. The molecule has 1 heterocycles. The highest BCUT2D eigenvalue weighted by molar-refractivity contribution is 5.80. The summed E-state index contributed by atoms with van der Waals surface area (Å²) in [6.07, 6.45) is 0.911. The first-order valence-corrected chi connectivity index (χ1v) is 5.95. The molecule has 0 saturated heterocycles. The van der Waals surface area contributed by atoms with Crippen molar-refractivity contribution in [1.82, 2.24) is 10.3 Å². The second kappa shape index (κ2) is 6.60. The molecule has 0 atom stereocenters. The van der Waals surface area contributed by atoms with Gasteiger partial charge >= 0.3 is 0 Å². The predicted molar refractivity (Wildman–Crippen MR) is 70.3 cm³/mol. The van der Waals surface area contributed by atoms with Crippen LogP contribution in [0.2, 0.25) is 0 Å². The molecule has 0 radical (unpaired) electrons. The van der Waals surface area contributed by atoms with Crippen molar-refractivity contribution in [2.24, 2.45) is 0 Å². The lowest BCUT2D eigenvalue weighted by molar-refractivity contribution is -0.119. The first kappa shape index (κ1) is 14.0. The van der Waals surface area contributed by atoms with Gasteiger partial charge in [0.1, 0.15) is 5.82 Å². The summed E-state index contributed by atoms with van der Waals surface area (Å²) in [4.78, 5) is 17.7. The Bertz CT molecular complexity index is 465. The van der Waals surface area contributed by atoms with Gasteiger partial charge in [-0.1, -0.05) is 6.92 Å². The maximum absolute atomic E-state index is 11.5. The van der Waals surface area contributed by atoms with Crippen molar-refractivity contribution in [2.75, 3.05) is 25.0 Å². The van der Waals surface area contributed by atoms with Crippen LogP contribution in [0, 0.1) is 18.3 Å². The maximum Gasteiger partial charge on any atom is 0.239 e. The smallest absolute Gasteiger partial charge is 0.239 e. The molecule has 5 nitrogen and oxygen atoms in total. The van der Waals surface area contributed by atoms with Crippen molar-refractivity contribution in [3.8, 4) is 6.07 Å². The van der Waals surface area contributed by atoms with E-state index in [0.717, 1.165) is 18.7 Å². The Balaban J connectivity index is 3.01. The van der Waals surface area contributed by atoms with E-state index in [-0.39, 0.29) is 12.5 Å². The van der Waals surface area contributed by atoms with Crippen molar-refractivity contribution < 1.29 is 4.79 Å². The van der Waals surface area contributed by atoms with E-state index in [9.17, 15) is 4.79 Å². The Morgan fingerprint density at radius 2 is 2.28 bits per heavy atom. The number of hydrogen-bond donors (Lipinski definition) is 1. The number of hydrogen-bond acceptors (Lipinski definition) is 4. The molecular weight excluding hydrogens is 228 g/mol. The number of aryl methyl sites for hydroxylation is 1. The molecule has 0 spiro atoms. The molecule has 0 aromatic carbocycles.